The van der Waals surface area contributed by atoms with E-state index in [0.29, 0.717) is 28.3 Å². The van der Waals surface area contributed by atoms with Gasteiger partial charge in [-0.05, 0) is 56.2 Å². The van der Waals surface area contributed by atoms with Gasteiger partial charge in [0.05, 0.1) is 53.4 Å². The Morgan fingerprint density at radius 3 is 2.38 bits per heavy atom. The molecule has 0 bridgehead atoms. The molecule has 12 heteroatoms. The van der Waals surface area contributed by atoms with Gasteiger partial charge in [0, 0.05) is 23.8 Å². The molecule has 0 saturated heterocycles. The van der Waals surface area contributed by atoms with Crippen LogP contribution in [0.5, 0.6) is 0 Å². The molecule has 0 fully saturated rings. The SMILES string of the molecule is C=CC.CCCC(NC(=O)c1cnn(-c2ccc(Cl)cc2)c1C)c1cncc(S(=O)(=O)CCC(=O)OC)c1.CCl. The van der Waals surface area contributed by atoms with E-state index in [2.05, 4.69) is 38.3 Å². The molecule has 0 aliphatic carbocycles. The lowest BCUT2D eigenvalue weighted by molar-refractivity contribution is -0.140. The van der Waals surface area contributed by atoms with E-state index >= 15 is 0 Å². The Balaban J connectivity index is 0.00000150. The number of benzene rings is 1. The summed E-state index contributed by atoms with van der Waals surface area (Å²) < 4.78 is 31.5. The third-order valence-corrected chi connectivity index (χ3v) is 7.44. The minimum atomic E-state index is -3.75. The highest BCUT2D eigenvalue weighted by molar-refractivity contribution is 7.91. The van der Waals surface area contributed by atoms with E-state index in [0.717, 1.165) is 12.1 Å². The second kappa shape index (κ2) is 17.5. The van der Waals surface area contributed by atoms with Crippen molar-refractivity contribution < 1.29 is 22.7 Å². The number of aromatic nitrogens is 3. The van der Waals surface area contributed by atoms with Crippen LogP contribution in [0.25, 0.3) is 5.69 Å². The number of carbonyl (C=O) groups is 2. The lowest BCUT2D eigenvalue weighted by Gasteiger charge is -2.19. The van der Waals surface area contributed by atoms with Crippen molar-refractivity contribution in [1.82, 2.24) is 20.1 Å². The van der Waals surface area contributed by atoms with E-state index in [1.165, 1.54) is 38.1 Å². The van der Waals surface area contributed by atoms with Gasteiger partial charge in [-0.25, -0.2) is 13.1 Å². The molecule has 218 valence electrons. The summed E-state index contributed by atoms with van der Waals surface area (Å²) >= 11 is 10.6. The van der Waals surface area contributed by atoms with Crippen LogP contribution in [0, 0.1) is 6.92 Å². The van der Waals surface area contributed by atoms with Crippen molar-refractivity contribution in [3.8, 4) is 5.69 Å². The summed E-state index contributed by atoms with van der Waals surface area (Å²) in [6.45, 7) is 9.01. The maximum absolute atomic E-state index is 13.1. The lowest BCUT2D eigenvalue weighted by Crippen LogP contribution is -2.29. The van der Waals surface area contributed by atoms with E-state index in [9.17, 15) is 18.0 Å². The first kappa shape index (κ1) is 34.8. The molecule has 1 atom stereocenters. The minimum Gasteiger partial charge on any atom is -0.469 e. The molecule has 3 rings (SSSR count). The smallest absolute Gasteiger partial charge is 0.306 e. The van der Waals surface area contributed by atoms with Crippen molar-refractivity contribution >= 4 is 44.9 Å². The Morgan fingerprint density at radius 1 is 1.18 bits per heavy atom. The van der Waals surface area contributed by atoms with Gasteiger partial charge in [0.2, 0.25) is 0 Å². The van der Waals surface area contributed by atoms with E-state index in [-0.39, 0.29) is 17.2 Å². The highest BCUT2D eigenvalue weighted by atomic mass is 35.5. The Kier molecular flexibility index (Phi) is 15.2. The number of rotatable bonds is 10. The van der Waals surface area contributed by atoms with E-state index in [1.807, 2.05) is 26.0 Å². The molecule has 0 saturated carbocycles. The third kappa shape index (κ3) is 10.1. The average molecular weight is 612 g/mol. The van der Waals surface area contributed by atoms with E-state index < -0.39 is 27.6 Å². The predicted octanol–water partition coefficient (Wildman–Crippen LogP) is 5.88. The van der Waals surface area contributed by atoms with Crippen LogP contribution < -0.4 is 5.32 Å². The quantitative estimate of drug-likeness (QED) is 0.173. The Hall–Kier alpha value is -3.21. The number of ether oxygens (including phenoxy) is 1. The van der Waals surface area contributed by atoms with Gasteiger partial charge < -0.3 is 10.1 Å². The van der Waals surface area contributed by atoms with Crippen molar-refractivity contribution in [2.75, 3.05) is 19.2 Å². The van der Waals surface area contributed by atoms with Gasteiger partial charge in [-0.2, -0.15) is 5.10 Å². The van der Waals surface area contributed by atoms with Crippen molar-refractivity contribution in [3.05, 3.63) is 83.4 Å². The molecule has 3 aromatic rings. The zero-order valence-corrected chi connectivity index (χ0v) is 25.7. The number of hydrogen-bond donors (Lipinski definition) is 1. The van der Waals surface area contributed by atoms with Gasteiger partial charge in [0.15, 0.2) is 9.84 Å². The third-order valence-electron chi connectivity index (χ3n) is 5.51. The number of esters is 1. The molecular weight excluding hydrogens is 575 g/mol. The summed E-state index contributed by atoms with van der Waals surface area (Å²) in [5.41, 5.74) is 2.38. The van der Waals surface area contributed by atoms with Crippen molar-refractivity contribution in [1.29, 1.82) is 0 Å². The zero-order valence-electron chi connectivity index (χ0n) is 23.4. The van der Waals surface area contributed by atoms with E-state index in [1.54, 1.807) is 29.8 Å². The fourth-order valence-corrected chi connectivity index (χ4v) is 4.89. The minimum absolute atomic E-state index is 0.0130. The highest BCUT2D eigenvalue weighted by Crippen LogP contribution is 2.23. The number of nitrogens with zero attached hydrogens (tertiary/aromatic N) is 3. The van der Waals surface area contributed by atoms with Crippen LogP contribution in [-0.2, 0) is 19.4 Å². The van der Waals surface area contributed by atoms with Gasteiger partial charge in [0.1, 0.15) is 0 Å². The Labute approximate surface area is 246 Å². The first-order valence-electron chi connectivity index (χ1n) is 12.4. The standard InChI is InChI=1S/C24H27ClN4O5S.C3H6.CH3Cl/c1-4-5-22(17-12-20(14-26-13-17)35(32,33)11-10-23(30)34-3)28-24(31)21-15-27-29(16(21)2)19-8-6-18(25)7-9-19;1-3-2;1-2/h6-9,12-15,22H,4-5,10-11H2,1-3H3,(H,28,31);3H,1H2,2H3;1H3. The zero-order chi connectivity index (χ0) is 30.3. The van der Waals surface area contributed by atoms with Crippen LogP contribution in [-0.4, -0.2) is 54.3 Å². The molecule has 1 unspecified atom stereocenters. The summed E-state index contributed by atoms with van der Waals surface area (Å²) in [7, 11) is -2.55. The molecule has 2 heterocycles. The number of alkyl halides is 1. The van der Waals surface area contributed by atoms with Gasteiger partial charge in [0.25, 0.3) is 5.91 Å². The van der Waals surface area contributed by atoms with Gasteiger partial charge >= 0.3 is 5.97 Å². The molecule has 0 spiro atoms. The normalized spacial score (nSPS) is 11.2. The molecule has 1 aromatic carbocycles. The topological polar surface area (TPSA) is 120 Å². The van der Waals surface area contributed by atoms with Gasteiger partial charge in [-0.1, -0.05) is 31.0 Å². The maximum atomic E-state index is 13.1. The Morgan fingerprint density at radius 2 is 1.80 bits per heavy atom. The first-order valence-corrected chi connectivity index (χ1v) is 15.2. The summed E-state index contributed by atoms with van der Waals surface area (Å²) in [4.78, 5) is 28.6. The fraction of sp³-hybridized carbons (Fsp3) is 0.357. The molecule has 0 radical (unpaired) electrons. The number of allylic oxidation sites excluding steroid dienone is 1. The first-order chi connectivity index (χ1) is 19.1. The monoisotopic (exact) mass is 610 g/mol. The summed E-state index contributed by atoms with van der Waals surface area (Å²) in [5.74, 6) is -1.33. The van der Waals surface area contributed by atoms with Crippen LogP contribution >= 0.6 is 23.2 Å². The largest absolute Gasteiger partial charge is 0.469 e. The molecule has 0 aliphatic heterocycles. The van der Waals surface area contributed by atoms with Crippen LogP contribution in [0.2, 0.25) is 5.02 Å². The van der Waals surface area contributed by atoms with Crippen LogP contribution in [0.3, 0.4) is 0 Å². The molecule has 9 nitrogen and oxygen atoms in total. The number of halogens is 2. The summed E-state index contributed by atoms with van der Waals surface area (Å²) in [6.07, 6.45) is 8.55. The molecule has 1 amide bonds. The van der Waals surface area contributed by atoms with Crippen molar-refractivity contribution in [2.24, 2.45) is 0 Å². The molecule has 2 aromatic heterocycles. The van der Waals surface area contributed by atoms with Crippen LogP contribution in [0.15, 0.2) is 66.5 Å². The number of pyridine rings is 1. The molecule has 1 N–H and O–H groups in total. The number of hydrogen-bond acceptors (Lipinski definition) is 7. The molecule has 40 heavy (non-hydrogen) atoms. The summed E-state index contributed by atoms with van der Waals surface area (Å²) in [5, 5.41) is 7.91. The van der Waals surface area contributed by atoms with Gasteiger partial charge in [-0.15, -0.1) is 18.2 Å². The van der Waals surface area contributed by atoms with Crippen LogP contribution in [0.1, 0.15) is 60.8 Å². The van der Waals surface area contributed by atoms with E-state index in [4.69, 9.17) is 11.6 Å². The number of nitrogens with one attached hydrogen (secondary N) is 1. The number of amides is 1. The van der Waals surface area contributed by atoms with Crippen molar-refractivity contribution in [2.45, 2.75) is 51.0 Å². The van der Waals surface area contributed by atoms with Gasteiger partial charge in [-0.3, -0.25) is 14.6 Å². The number of sulfone groups is 1. The predicted molar refractivity (Wildman–Crippen MR) is 159 cm³/mol. The fourth-order valence-electron chi connectivity index (χ4n) is 3.56. The highest BCUT2D eigenvalue weighted by Gasteiger charge is 2.23. The second-order valence-corrected chi connectivity index (χ2v) is 10.9. The lowest BCUT2D eigenvalue weighted by atomic mass is 10.0. The van der Waals surface area contributed by atoms with Crippen LogP contribution in [0.4, 0.5) is 0 Å². The molecule has 0 aliphatic rings. The number of methoxy groups -OCH3 is 1. The summed E-state index contributed by atoms with van der Waals surface area (Å²) in [6, 6.07) is 8.13. The number of carbonyl (C=O) groups excluding carboxylic acids is 2. The maximum Gasteiger partial charge on any atom is 0.306 e. The average Bonchev–Trinajstić information content (AvgIpc) is 3.34. The second-order valence-electron chi connectivity index (χ2n) is 8.35. The Bertz CT molecular complexity index is 1360. The molecular formula is C28H36Cl2N4O5S. The van der Waals surface area contributed by atoms with Crippen molar-refractivity contribution in [3.63, 3.8) is 0 Å².